The van der Waals surface area contributed by atoms with E-state index < -0.39 is 12.1 Å². The van der Waals surface area contributed by atoms with E-state index in [1.54, 1.807) is 0 Å². The zero-order valence-electron chi connectivity index (χ0n) is 13.1. The van der Waals surface area contributed by atoms with Gasteiger partial charge in [0, 0.05) is 32.6 Å². The third-order valence-electron chi connectivity index (χ3n) is 3.71. The highest BCUT2D eigenvalue weighted by atomic mass is 19.4. The lowest BCUT2D eigenvalue weighted by atomic mass is 10.2. The molecule has 24 heavy (non-hydrogen) atoms. The van der Waals surface area contributed by atoms with E-state index in [2.05, 4.69) is 0 Å². The second-order valence-electron chi connectivity index (χ2n) is 5.44. The van der Waals surface area contributed by atoms with Crippen molar-refractivity contribution in [3.8, 4) is 5.75 Å². The lowest BCUT2D eigenvalue weighted by Crippen LogP contribution is -2.53. The molecule has 1 aliphatic heterocycles. The zero-order chi connectivity index (χ0) is 17.6. The van der Waals surface area contributed by atoms with Crippen LogP contribution < -0.4 is 4.74 Å². The molecule has 0 spiro atoms. The number of carbonyl (C=O) groups excluding carboxylic acids is 2. The Morgan fingerprint density at radius 2 is 1.58 bits per heavy atom. The molecule has 0 atom stereocenters. The maximum absolute atomic E-state index is 12.3. The Labute approximate surface area is 138 Å². The number of hydrogen-bond acceptors (Lipinski definition) is 3. The molecule has 1 aromatic carbocycles. The van der Waals surface area contributed by atoms with Gasteiger partial charge in [-0.25, -0.2) is 0 Å². The van der Waals surface area contributed by atoms with Crippen molar-refractivity contribution in [2.24, 2.45) is 0 Å². The van der Waals surface area contributed by atoms with E-state index in [1.165, 1.54) is 4.90 Å². The molecular formula is C16H19F3N2O3. The highest BCUT2D eigenvalue weighted by molar-refractivity contribution is 5.82. The standard InChI is InChI=1S/C16H19F3N2O3/c17-16(18,19)15(23)21-10-8-20(9-11-21)14(22)7-4-12-24-13-5-2-1-3-6-13/h1-3,5-6H,4,7-12H2. The van der Waals surface area contributed by atoms with Gasteiger partial charge >= 0.3 is 12.1 Å². The van der Waals surface area contributed by atoms with Gasteiger partial charge in [-0.05, 0) is 18.6 Å². The summed E-state index contributed by atoms with van der Waals surface area (Å²) in [5.74, 6) is -1.25. The van der Waals surface area contributed by atoms with Gasteiger partial charge in [-0.2, -0.15) is 13.2 Å². The number of nitrogens with zero attached hydrogens (tertiary/aromatic N) is 2. The summed E-state index contributed by atoms with van der Waals surface area (Å²) in [6.07, 6.45) is -4.07. The van der Waals surface area contributed by atoms with Crippen LogP contribution in [0.15, 0.2) is 30.3 Å². The molecular weight excluding hydrogens is 325 g/mol. The average Bonchev–Trinajstić information content (AvgIpc) is 2.58. The van der Waals surface area contributed by atoms with Crippen molar-refractivity contribution < 1.29 is 27.5 Å². The molecule has 5 nitrogen and oxygen atoms in total. The van der Waals surface area contributed by atoms with Crippen LogP contribution in [0.2, 0.25) is 0 Å². The van der Waals surface area contributed by atoms with Crippen LogP contribution >= 0.6 is 0 Å². The summed E-state index contributed by atoms with van der Waals surface area (Å²) in [5, 5.41) is 0. The Kier molecular flexibility index (Phi) is 6.05. The minimum atomic E-state index is -4.86. The number of ether oxygens (including phenoxy) is 1. The second kappa shape index (κ2) is 8.03. The van der Waals surface area contributed by atoms with Gasteiger partial charge in [-0.15, -0.1) is 0 Å². The van der Waals surface area contributed by atoms with Crippen molar-refractivity contribution in [1.82, 2.24) is 9.80 Å². The van der Waals surface area contributed by atoms with E-state index in [9.17, 15) is 22.8 Å². The van der Waals surface area contributed by atoms with Gasteiger partial charge in [0.25, 0.3) is 0 Å². The van der Waals surface area contributed by atoms with Crippen molar-refractivity contribution in [3.63, 3.8) is 0 Å². The zero-order valence-corrected chi connectivity index (χ0v) is 13.1. The fourth-order valence-corrected chi connectivity index (χ4v) is 2.43. The third-order valence-corrected chi connectivity index (χ3v) is 3.71. The molecule has 2 amide bonds. The highest BCUT2D eigenvalue weighted by Gasteiger charge is 2.43. The SMILES string of the molecule is O=C(CCCOc1ccccc1)N1CCN(C(=O)C(F)(F)F)CC1. The third kappa shape index (κ3) is 5.14. The first kappa shape index (κ1) is 18.1. The first-order chi connectivity index (χ1) is 11.4. The van der Waals surface area contributed by atoms with Gasteiger partial charge in [0.2, 0.25) is 5.91 Å². The fraction of sp³-hybridized carbons (Fsp3) is 0.500. The minimum absolute atomic E-state index is 0.0927. The molecule has 1 aliphatic rings. The lowest BCUT2D eigenvalue weighted by Gasteiger charge is -2.35. The van der Waals surface area contributed by atoms with Gasteiger partial charge < -0.3 is 14.5 Å². The minimum Gasteiger partial charge on any atom is -0.494 e. The lowest BCUT2D eigenvalue weighted by molar-refractivity contribution is -0.187. The fourth-order valence-electron chi connectivity index (χ4n) is 2.43. The molecule has 2 rings (SSSR count). The van der Waals surface area contributed by atoms with Crippen LogP contribution in [0.5, 0.6) is 5.75 Å². The summed E-state index contributed by atoms with van der Waals surface area (Å²) in [6, 6.07) is 9.21. The van der Waals surface area contributed by atoms with Crippen LogP contribution in [0.3, 0.4) is 0 Å². The Hall–Kier alpha value is -2.25. The Morgan fingerprint density at radius 3 is 2.17 bits per heavy atom. The topological polar surface area (TPSA) is 49.9 Å². The number of halogens is 3. The van der Waals surface area contributed by atoms with Crippen LogP contribution in [0, 0.1) is 0 Å². The Morgan fingerprint density at radius 1 is 1.00 bits per heavy atom. The van der Waals surface area contributed by atoms with E-state index in [4.69, 9.17) is 4.74 Å². The van der Waals surface area contributed by atoms with Crippen molar-refractivity contribution in [2.45, 2.75) is 19.0 Å². The average molecular weight is 344 g/mol. The van der Waals surface area contributed by atoms with E-state index in [0.29, 0.717) is 13.0 Å². The maximum Gasteiger partial charge on any atom is 0.471 e. The number of benzene rings is 1. The first-order valence-corrected chi connectivity index (χ1v) is 7.69. The Bertz CT molecular complexity index is 555. The second-order valence-corrected chi connectivity index (χ2v) is 5.44. The number of rotatable bonds is 5. The number of piperazine rings is 1. The predicted octanol–water partition coefficient (Wildman–Crippen LogP) is 2.08. The van der Waals surface area contributed by atoms with Gasteiger partial charge in [0.05, 0.1) is 6.61 Å². The number of alkyl halides is 3. The normalized spacial score (nSPS) is 15.3. The molecule has 0 N–H and O–H groups in total. The molecule has 0 aromatic heterocycles. The molecule has 1 fully saturated rings. The predicted molar refractivity (Wildman–Crippen MR) is 80.4 cm³/mol. The molecule has 1 aromatic rings. The monoisotopic (exact) mass is 344 g/mol. The summed E-state index contributed by atoms with van der Waals surface area (Å²) >= 11 is 0. The summed E-state index contributed by atoms with van der Waals surface area (Å²) < 4.78 is 42.5. The van der Waals surface area contributed by atoms with Gasteiger partial charge in [0.15, 0.2) is 0 Å². The van der Waals surface area contributed by atoms with Crippen LogP contribution in [0.4, 0.5) is 13.2 Å². The molecule has 0 radical (unpaired) electrons. The van der Waals surface area contributed by atoms with E-state index >= 15 is 0 Å². The summed E-state index contributed by atoms with van der Waals surface area (Å²) in [4.78, 5) is 25.4. The van der Waals surface area contributed by atoms with Crippen LogP contribution in [0.25, 0.3) is 0 Å². The first-order valence-electron chi connectivity index (χ1n) is 7.69. The molecule has 1 saturated heterocycles. The molecule has 0 saturated carbocycles. The maximum atomic E-state index is 12.3. The molecule has 1 heterocycles. The molecule has 0 bridgehead atoms. The van der Waals surface area contributed by atoms with Crippen LogP contribution in [-0.2, 0) is 9.59 Å². The van der Waals surface area contributed by atoms with Crippen molar-refractivity contribution >= 4 is 11.8 Å². The van der Waals surface area contributed by atoms with Gasteiger partial charge in [-0.3, -0.25) is 9.59 Å². The summed E-state index contributed by atoms with van der Waals surface area (Å²) in [7, 11) is 0. The molecule has 0 aliphatic carbocycles. The van der Waals surface area contributed by atoms with E-state index in [-0.39, 0.29) is 38.5 Å². The Balaban J connectivity index is 1.67. The summed E-state index contributed by atoms with van der Waals surface area (Å²) in [6.45, 7) is 0.456. The molecule has 132 valence electrons. The number of para-hydroxylation sites is 1. The van der Waals surface area contributed by atoms with E-state index in [0.717, 1.165) is 10.6 Å². The number of carbonyl (C=O) groups is 2. The number of amides is 2. The molecule has 8 heteroatoms. The number of hydrogen-bond donors (Lipinski definition) is 0. The molecule has 0 unspecified atom stereocenters. The summed E-state index contributed by atoms with van der Waals surface area (Å²) in [5.41, 5.74) is 0. The van der Waals surface area contributed by atoms with Crippen molar-refractivity contribution in [3.05, 3.63) is 30.3 Å². The van der Waals surface area contributed by atoms with E-state index in [1.807, 2.05) is 30.3 Å². The van der Waals surface area contributed by atoms with Crippen LogP contribution in [0.1, 0.15) is 12.8 Å². The highest BCUT2D eigenvalue weighted by Crippen LogP contribution is 2.19. The van der Waals surface area contributed by atoms with Crippen molar-refractivity contribution in [1.29, 1.82) is 0 Å². The van der Waals surface area contributed by atoms with Crippen molar-refractivity contribution in [2.75, 3.05) is 32.8 Å². The van der Waals surface area contributed by atoms with Gasteiger partial charge in [-0.1, -0.05) is 18.2 Å². The quantitative estimate of drug-likeness (QED) is 0.769. The van der Waals surface area contributed by atoms with Gasteiger partial charge in [0.1, 0.15) is 5.75 Å². The largest absolute Gasteiger partial charge is 0.494 e. The smallest absolute Gasteiger partial charge is 0.471 e. The van der Waals surface area contributed by atoms with Crippen LogP contribution in [-0.4, -0.2) is 60.6 Å².